The molecule has 1 rings (SSSR count). The number of amides is 2. The van der Waals surface area contributed by atoms with Crippen LogP contribution in [-0.4, -0.2) is 41.9 Å². The molecule has 2 unspecified atom stereocenters. The van der Waals surface area contributed by atoms with Crippen molar-refractivity contribution in [3.8, 4) is 0 Å². The predicted molar refractivity (Wildman–Crippen MR) is 66.5 cm³/mol. The van der Waals surface area contributed by atoms with Crippen molar-refractivity contribution >= 4 is 12.0 Å². The van der Waals surface area contributed by atoms with Crippen LogP contribution in [0.3, 0.4) is 0 Å². The second kappa shape index (κ2) is 6.58. The van der Waals surface area contributed by atoms with Gasteiger partial charge >= 0.3 is 12.0 Å². The average molecular weight is 258 g/mol. The molecule has 1 heterocycles. The summed E-state index contributed by atoms with van der Waals surface area (Å²) in [5.74, 6) is -0.803. The van der Waals surface area contributed by atoms with Gasteiger partial charge in [0, 0.05) is 19.1 Å². The van der Waals surface area contributed by atoms with Crippen molar-refractivity contribution in [2.24, 2.45) is 0 Å². The Bertz CT molecular complexity index is 300. The summed E-state index contributed by atoms with van der Waals surface area (Å²) in [4.78, 5) is 22.1. The molecule has 0 radical (unpaired) electrons. The number of carbonyl (C=O) groups excluding carboxylic acids is 1. The number of carbonyl (C=O) groups is 2. The Morgan fingerprint density at radius 3 is 2.78 bits per heavy atom. The molecule has 0 aromatic carbocycles. The maximum absolute atomic E-state index is 11.7. The fraction of sp³-hybridized carbons (Fsp3) is 0.833. The monoisotopic (exact) mass is 258 g/mol. The third kappa shape index (κ3) is 5.35. The fourth-order valence-corrected chi connectivity index (χ4v) is 1.93. The van der Waals surface area contributed by atoms with E-state index < -0.39 is 5.97 Å². The van der Waals surface area contributed by atoms with Crippen LogP contribution in [0.15, 0.2) is 0 Å². The molecule has 6 nitrogen and oxygen atoms in total. The standard InChI is InChI=1S/C12H22N2O4/c1-9(4-3-5-10(15)16)13-11(17)14-12(2)6-7-18-8-12/h9H,3-8H2,1-2H3,(H,15,16)(H2,13,14,17). The van der Waals surface area contributed by atoms with Crippen LogP contribution in [0.25, 0.3) is 0 Å². The van der Waals surface area contributed by atoms with Gasteiger partial charge in [-0.2, -0.15) is 0 Å². The number of aliphatic carboxylic acids is 1. The Kier molecular flexibility index (Phi) is 5.40. The van der Waals surface area contributed by atoms with E-state index in [2.05, 4.69) is 10.6 Å². The van der Waals surface area contributed by atoms with Crippen LogP contribution in [0.1, 0.15) is 39.5 Å². The first kappa shape index (κ1) is 14.8. The maximum atomic E-state index is 11.7. The molecule has 1 aliphatic rings. The van der Waals surface area contributed by atoms with Gasteiger partial charge in [-0.3, -0.25) is 4.79 Å². The largest absolute Gasteiger partial charge is 0.481 e. The number of carboxylic acid groups (broad SMARTS) is 1. The molecule has 2 atom stereocenters. The van der Waals surface area contributed by atoms with Gasteiger partial charge in [0.15, 0.2) is 0 Å². The summed E-state index contributed by atoms with van der Waals surface area (Å²) in [7, 11) is 0. The summed E-state index contributed by atoms with van der Waals surface area (Å²) < 4.78 is 5.25. The maximum Gasteiger partial charge on any atom is 0.315 e. The first-order chi connectivity index (χ1) is 8.41. The summed E-state index contributed by atoms with van der Waals surface area (Å²) in [6, 6.07) is -0.249. The van der Waals surface area contributed by atoms with Gasteiger partial charge in [0.2, 0.25) is 0 Å². The minimum absolute atomic E-state index is 0.0322. The molecule has 0 saturated carbocycles. The minimum atomic E-state index is -0.803. The van der Waals surface area contributed by atoms with Crippen molar-refractivity contribution in [2.75, 3.05) is 13.2 Å². The van der Waals surface area contributed by atoms with Crippen molar-refractivity contribution in [3.63, 3.8) is 0 Å². The van der Waals surface area contributed by atoms with E-state index in [1.54, 1.807) is 0 Å². The Hall–Kier alpha value is -1.30. The van der Waals surface area contributed by atoms with E-state index in [1.165, 1.54) is 0 Å². The number of carboxylic acids is 1. The SMILES string of the molecule is CC(CCCC(=O)O)NC(=O)NC1(C)CCOC1. The minimum Gasteiger partial charge on any atom is -0.481 e. The van der Waals surface area contributed by atoms with Crippen LogP contribution in [0, 0.1) is 0 Å². The molecule has 2 amide bonds. The lowest BCUT2D eigenvalue weighted by molar-refractivity contribution is -0.137. The molecule has 6 heteroatoms. The van der Waals surface area contributed by atoms with E-state index in [1.807, 2.05) is 13.8 Å². The van der Waals surface area contributed by atoms with Gasteiger partial charge in [-0.15, -0.1) is 0 Å². The number of urea groups is 1. The second-order valence-corrected chi connectivity index (χ2v) is 5.15. The third-order valence-electron chi connectivity index (χ3n) is 3.04. The van der Waals surface area contributed by atoms with Crippen LogP contribution >= 0.6 is 0 Å². The fourth-order valence-electron chi connectivity index (χ4n) is 1.93. The quantitative estimate of drug-likeness (QED) is 0.666. The predicted octanol–water partition coefficient (Wildman–Crippen LogP) is 1.11. The van der Waals surface area contributed by atoms with E-state index >= 15 is 0 Å². The molecule has 0 aromatic heterocycles. The Balaban J connectivity index is 2.20. The van der Waals surface area contributed by atoms with Crippen LogP contribution in [0.5, 0.6) is 0 Å². The second-order valence-electron chi connectivity index (χ2n) is 5.15. The van der Waals surface area contributed by atoms with Gasteiger partial charge in [-0.1, -0.05) is 0 Å². The van der Waals surface area contributed by atoms with E-state index in [0.717, 1.165) is 6.42 Å². The lowest BCUT2D eigenvalue weighted by Crippen LogP contribution is -2.52. The van der Waals surface area contributed by atoms with Crippen LogP contribution in [0.2, 0.25) is 0 Å². The summed E-state index contributed by atoms with van der Waals surface area (Å²) in [5, 5.41) is 14.2. The molecular weight excluding hydrogens is 236 g/mol. The van der Waals surface area contributed by atoms with Crippen molar-refractivity contribution in [1.29, 1.82) is 0 Å². The number of hydrogen-bond acceptors (Lipinski definition) is 3. The first-order valence-electron chi connectivity index (χ1n) is 6.29. The molecule has 0 aliphatic carbocycles. The number of rotatable bonds is 6. The van der Waals surface area contributed by atoms with Crippen LogP contribution in [-0.2, 0) is 9.53 Å². The molecule has 3 N–H and O–H groups in total. The van der Waals surface area contributed by atoms with Crippen molar-refractivity contribution in [1.82, 2.24) is 10.6 Å². The van der Waals surface area contributed by atoms with Crippen LogP contribution in [0.4, 0.5) is 4.79 Å². The number of ether oxygens (including phenoxy) is 1. The molecular formula is C12H22N2O4. The third-order valence-corrected chi connectivity index (χ3v) is 3.04. The van der Waals surface area contributed by atoms with Gasteiger partial charge in [0.1, 0.15) is 0 Å². The first-order valence-corrected chi connectivity index (χ1v) is 6.29. The van der Waals surface area contributed by atoms with Crippen molar-refractivity contribution in [2.45, 2.75) is 51.1 Å². The Morgan fingerprint density at radius 1 is 1.50 bits per heavy atom. The zero-order chi connectivity index (χ0) is 13.6. The molecule has 1 aliphatic heterocycles. The number of nitrogens with one attached hydrogen (secondary N) is 2. The van der Waals surface area contributed by atoms with Crippen molar-refractivity contribution in [3.05, 3.63) is 0 Å². The molecule has 1 fully saturated rings. The highest BCUT2D eigenvalue weighted by atomic mass is 16.5. The van der Waals surface area contributed by atoms with Gasteiger partial charge in [-0.05, 0) is 33.1 Å². The summed E-state index contributed by atoms with van der Waals surface area (Å²) in [6.45, 7) is 5.03. The highest BCUT2D eigenvalue weighted by Gasteiger charge is 2.31. The van der Waals surface area contributed by atoms with E-state index in [4.69, 9.17) is 9.84 Å². The molecule has 0 bridgehead atoms. The van der Waals surface area contributed by atoms with E-state index in [-0.39, 0.29) is 24.0 Å². The van der Waals surface area contributed by atoms with Gasteiger partial charge in [0.05, 0.1) is 12.1 Å². The van der Waals surface area contributed by atoms with Gasteiger partial charge in [-0.25, -0.2) is 4.79 Å². The highest BCUT2D eigenvalue weighted by Crippen LogP contribution is 2.17. The Morgan fingerprint density at radius 2 is 2.22 bits per heavy atom. The summed E-state index contributed by atoms with van der Waals surface area (Å²) in [6.07, 6.45) is 2.18. The lowest BCUT2D eigenvalue weighted by Gasteiger charge is -2.25. The highest BCUT2D eigenvalue weighted by molar-refractivity contribution is 5.75. The zero-order valence-corrected chi connectivity index (χ0v) is 11.0. The smallest absolute Gasteiger partial charge is 0.315 e. The Labute approximate surface area is 107 Å². The lowest BCUT2D eigenvalue weighted by atomic mass is 10.0. The molecule has 18 heavy (non-hydrogen) atoms. The molecule has 104 valence electrons. The zero-order valence-electron chi connectivity index (χ0n) is 11.0. The van der Waals surface area contributed by atoms with E-state index in [0.29, 0.717) is 26.1 Å². The van der Waals surface area contributed by atoms with Crippen molar-refractivity contribution < 1.29 is 19.4 Å². The topological polar surface area (TPSA) is 87.7 Å². The van der Waals surface area contributed by atoms with E-state index in [9.17, 15) is 9.59 Å². The van der Waals surface area contributed by atoms with Crippen LogP contribution < -0.4 is 10.6 Å². The summed E-state index contributed by atoms with van der Waals surface area (Å²) >= 11 is 0. The molecule has 0 aromatic rings. The molecule has 0 spiro atoms. The number of hydrogen-bond donors (Lipinski definition) is 3. The van der Waals surface area contributed by atoms with Gasteiger partial charge in [0.25, 0.3) is 0 Å². The van der Waals surface area contributed by atoms with Gasteiger partial charge < -0.3 is 20.5 Å². The average Bonchev–Trinajstić information content (AvgIpc) is 2.63. The molecule has 1 saturated heterocycles. The summed E-state index contributed by atoms with van der Waals surface area (Å²) in [5.41, 5.74) is -0.287. The normalized spacial score (nSPS) is 24.6.